The summed E-state index contributed by atoms with van der Waals surface area (Å²) >= 11 is 0. The van der Waals surface area contributed by atoms with Gasteiger partial charge in [-0.15, -0.1) is 0 Å². The molecule has 0 aliphatic heterocycles. The number of nitrogens with two attached hydrogens (primary N) is 1. The lowest BCUT2D eigenvalue weighted by molar-refractivity contribution is 0.855. The first-order valence-electron chi connectivity index (χ1n) is 7.87. The molecule has 0 aromatic carbocycles. The van der Waals surface area contributed by atoms with Gasteiger partial charge in [-0.05, 0) is 18.6 Å². The first-order chi connectivity index (χ1) is 12.1. The second-order valence-electron chi connectivity index (χ2n) is 5.65. The van der Waals surface area contributed by atoms with Crippen LogP contribution in [-0.2, 0) is 0 Å². The fourth-order valence-electron chi connectivity index (χ4n) is 2.53. The maximum atomic E-state index is 7.52. The van der Waals surface area contributed by atoms with Gasteiger partial charge in [-0.25, -0.2) is 15.0 Å². The molecule has 3 aromatic rings. The molecule has 8 nitrogen and oxygen atoms in total. The normalized spacial score (nSPS) is 13.8. The molecule has 3 aromatic heterocycles. The molecule has 0 radical (unpaired) electrons. The molecule has 0 aliphatic rings. The zero-order valence-corrected chi connectivity index (χ0v) is 14.1. The van der Waals surface area contributed by atoms with E-state index in [2.05, 4.69) is 25.3 Å². The molecule has 8 heteroatoms. The molecule has 0 bridgehead atoms. The van der Waals surface area contributed by atoms with E-state index in [9.17, 15) is 0 Å². The molecule has 25 heavy (non-hydrogen) atoms. The summed E-state index contributed by atoms with van der Waals surface area (Å²) in [5.41, 5.74) is 8.54. The van der Waals surface area contributed by atoms with E-state index in [1.54, 1.807) is 25.7 Å². The zero-order valence-electron chi connectivity index (χ0n) is 14.1. The van der Waals surface area contributed by atoms with E-state index in [0.29, 0.717) is 17.3 Å². The SMILES string of the molecule is CN=CC(C=N)c1cnc(N)c(NC(C)c2ccc3nccn3c2)n1. The van der Waals surface area contributed by atoms with Crippen LogP contribution in [0.25, 0.3) is 5.65 Å². The van der Waals surface area contributed by atoms with Gasteiger partial charge in [0.15, 0.2) is 11.6 Å². The summed E-state index contributed by atoms with van der Waals surface area (Å²) in [6, 6.07) is 3.94. The molecule has 0 saturated carbocycles. The number of anilines is 2. The minimum atomic E-state index is -0.323. The highest BCUT2D eigenvalue weighted by Gasteiger charge is 2.14. The van der Waals surface area contributed by atoms with Crippen LogP contribution >= 0.6 is 0 Å². The third kappa shape index (κ3) is 3.47. The highest BCUT2D eigenvalue weighted by atomic mass is 15.1. The van der Waals surface area contributed by atoms with Crippen molar-refractivity contribution in [2.24, 2.45) is 4.99 Å². The molecular weight excluding hydrogens is 316 g/mol. The van der Waals surface area contributed by atoms with Crippen molar-refractivity contribution < 1.29 is 0 Å². The predicted molar refractivity (Wildman–Crippen MR) is 99.6 cm³/mol. The summed E-state index contributed by atoms with van der Waals surface area (Å²) in [5.74, 6) is 0.486. The fourth-order valence-corrected chi connectivity index (χ4v) is 2.53. The number of rotatable bonds is 6. The molecule has 0 spiro atoms. The summed E-state index contributed by atoms with van der Waals surface area (Å²) in [7, 11) is 1.66. The second-order valence-corrected chi connectivity index (χ2v) is 5.65. The minimum absolute atomic E-state index is 0.0306. The monoisotopic (exact) mass is 336 g/mol. The van der Waals surface area contributed by atoms with Gasteiger partial charge in [0.05, 0.1) is 23.9 Å². The fraction of sp³-hybridized carbons (Fsp3) is 0.235. The smallest absolute Gasteiger partial charge is 0.169 e. The molecule has 0 amide bonds. The molecular formula is C17H20N8. The van der Waals surface area contributed by atoms with Gasteiger partial charge in [-0.1, -0.05) is 6.07 Å². The Hall–Kier alpha value is -3.29. The number of nitrogens with zero attached hydrogens (tertiary/aromatic N) is 5. The van der Waals surface area contributed by atoms with Crippen LogP contribution < -0.4 is 11.1 Å². The number of pyridine rings is 1. The van der Waals surface area contributed by atoms with Gasteiger partial charge in [0.25, 0.3) is 0 Å². The Bertz CT molecular complexity index is 914. The Balaban J connectivity index is 1.86. The second kappa shape index (κ2) is 7.08. The number of nitrogens with one attached hydrogen (secondary N) is 2. The lowest BCUT2D eigenvalue weighted by Gasteiger charge is -2.17. The van der Waals surface area contributed by atoms with Gasteiger partial charge in [0.2, 0.25) is 0 Å². The summed E-state index contributed by atoms with van der Waals surface area (Å²) in [6.45, 7) is 2.02. The van der Waals surface area contributed by atoms with Gasteiger partial charge in [0.1, 0.15) is 5.65 Å². The first kappa shape index (κ1) is 16.6. The number of aliphatic imine (C=N–C) groups is 1. The number of aromatic nitrogens is 4. The Morgan fingerprint density at radius 2 is 2.20 bits per heavy atom. The molecule has 3 rings (SSSR count). The minimum Gasteiger partial charge on any atom is -0.381 e. The van der Waals surface area contributed by atoms with Gasteiger partial charge in [0, 0.05) is 38.1 Å². The predicted octanol–water partition coefficient (Wildman–Crippen LogP) is 2.31. The first-order valence-corrected chi connectivity index (χ1v) is 7.87. The standard InChI is InChI=1S/C17H20N8/c1-11(12-3-4-15-21-5-6-25(15)10-12)23-17-16(19)22-9-14(24-17)13(7-18)8-20-2/h3-11,13,18H,1-2H3,(H2,19,22)(H,23,24). The molecule has 0 saturated heterocycles. The third-order valence-electron chi connectivity index (χ3n) is 3.92. The third-order valence-corrected chi connectivity index (χ3v) is 3.92. The van der Waals surface area contributed by atoms with E-state index in [4.69, 9.17) is 11.1 Å². The van der Waals surface area contributed by atoms with Crippen molar-refractivity contribution in [3.05, 3.63) is 48.2 Å². The molecule has 4 N–H and O–H groups in total. The van der Waals surface area contributed by atoms with E-state index in [-0.39, 0.29) is 12.0 Å². The largest absolute Gasteiger partial charge is 0.381 e. The van der Waals surface area contributed by atoms with Crippen molar-refractivity contribution in [2.45, 2.75) is 18.9 Å². The van der Waals surface area contributed by atoms with Crippen molar-refractivity contribution in [1.29, 1.82) is 5.41 Å². The average molecular weight is 336 g/mol. The van der Waals surface area contributed by atoms with Crippen molar-refractivity contribution in [3.8, 4) is 0 Å². The number of hydrogen-bond donors (Lipinski definition) is 3. The van der Waals surface area contributed by atoms with E-state index >= 15 is 0 Å². The topological polar surface area (TPSA) is 117 Å². The lowest BCUT2D eigenvalue weighted by atomic mass is 10.1. The number of hydrogen-bond acceptors (Lipinski definition) is 7. The maximum absolute atomic E-state index is 7.52. The van der Waals surface area contributed by atoms with Crippen LogP contribution in [0.5, 0.6) is 0 Å². The molecule has 128 valence electrons. The van der Waals surface area contributed by atoms with E-state index in [0.717, 1.165) is 11.2 Å². The highest BCUT2D eigenvalue weighted by Crippen LogP contribution is 2.23. The van der Waals surface area contributed by atoms with Gasteiger partial charge in [-0.3, -0.25) is 4.99 Å². The number of nitrogen functional groups attached to an aromatic ring is 1. The van der Waals surface area contributed by atoms with Crippen molar-refractivity contribution in [1.82, 2.24) is 19.4 Å². The quantitative estimate of drug-likeness (QED) is 0.597. The van der Waals surface area contributed by atoms with Crippen LogP contribution in [0.15, 0.2) is 41.9 Å². The van der Waals surface area contributed by atoms with Crippen LogP contribution in [0.4, 0.5) is 11.6 Å². The maximum Gasteiger partial charge on any atom is 0.169 e. The van der Waals surface area contributed by atoms with Crippen molar-refractivity contribution in [2.75, 3.05) is 18.1 Å². The van der Waals surface area contributed by atoms with E-state index in [1.165, 1.54) is 6.21 Å². The van der Waals surface area contributed by atoms with E-state index < -0.39 is 0 Å². The van der Waals surface area contributed by atoms with Crippen LogP contribution in [0.2, 0.25) is 0 Å². The zero-order chi connectivity index (χ0) is 17.8. The molecule has 0 aliphatic carbocycles. The van der Waals surface area contributed by atoms with Crippen molar-refractivity contribution >= 4 is 29.7 Å². The Kier molecular flexibility index (Phi) is 4.69. The molecule has 2 atom stereocenters. The van der Waals surface area contributed by atoms with Gasteiger partial charge in [-0.2, -0.15) is 0 Å². The summed E-state index contributed by atoms with van der Waals surface area (Å²) < 4.78 is 1.96. The van der Waals surface area contributed by atoms with Crippen LogP contribution in [0.1, 0.15) is 30.1 Å². The van der Waals surface area contributed by atoms with Gasteiger partial charge >= 0.3 is 0 Å². The number of imidazole rings is 1. The lowest BCUT2D eigenvalue weighted by Crippen LogP contribution is -2.14. The molecule has 2 unspecified atom stereocenters. The average Bonchev–Trinajstić information content (AvgIpc) is 3.09. The Morgan fingerprint density at radius 1 is 1.36 bits per heavy atom. The van der Waals surface area contributed by atoms with Gasteiger partial charge < -0.3 is 20.9 Å². The van der Waals surface area contributed by atoms with Crippen LogP contribution in [-0.4, -0.2) is 38.8 Å². The Labute approximate surface area is 145 Å². The Morgan fingerprint density at radius 3 is 2.96 bits per heavy atom. The van der Waals surface area contributed by atoms with Crippen molar-refractivity contribution in [3.63, 3.8) is 0 Å². The van der Waals surface area contributed by atoms with E-state index in [1.807, 2.05) is 35.9 Å². The summed E-state index contributed by atoms with van der Waals surface area (Å²) in [6.07, 6.45) is 10.2. The van der Waals surface area contributed by atoms with Crippen LogP contribution in [0, 0.1) is 5.41 Å². The highest BCUT2D eigenvalue weighted by molar-refractivity contribution is 5.88. The summed E-state index contributed by atoms with van der Waals surface area (Å²) in [5, 5.41) is 10.8. The molecule has 0 fully saturated rings. The number of fused-ring (bicyclic) bond motifs is 1. The van der Waals surface area contributed by atoms with Crippen LogP contribution in [0.3, 0.4) is 0 Å². The molecule has 3 heterocycles. The summed E-state index contributed by atoms with van der Waals surface area (Å²) in [4.78, 5) is 16.9.